The maximum Gasteiger partial charge on any atom is 0.128 e. The topological polar surface area (TPSA) is 62.4 Å². The highest BCUT2D eigenvalue weighted by atomic mass is 16.3. The summed E-state index contributed by atoms with van der Waals surface area (Å²) in [6.45, 7) is 4.19. The van der Waals surface area contributed by atoms with Crippen molar-refractivity contribution in [3.63, 3.8) is 0 Å². The molecular formula is C10H17N3O. The summed E-state index contributed by atoms with van der Waals surface area (Å²) in [5.41, 5.74) is 7.17. The van der Waals surface area contributed by atoms with E-state index in [-0.39, 0.29) is 6.10 Å². The zero-order valence-corrected chi connectivity index (χ0v) is 8.86. The van der Waals surface area contributed by atoms with Crippen molar-refractivity contribution in [3.05, 3.63) is 17.8 Å². The van der Waals surface area contributed by atoms with E-state index in [0.29, 0.717) is 12.2 Å². The molecule has 0 bridgehead atoms. The molecular weight excluding hydrogens is 178 g/mol. The Morgan fingerprint density at radius 2 is 2.21 bits per heavy atom. The van der Waals surface area contributed by atoms with Crippen LogP contribution in [0.4, 0.5) is 11.5 Å². The summed E-state index contributed by atoms with van der Waals surface area (Å²) in [7, 11) is 1.89. The van der Waals surface area contributed by atoms with Gasteiger partial charge in [0.2, 0.25) is 0 Å². The largest absolute Gasteiger partial charge is 0.397 e. The lowest BCUT2D eigenvalue weighted by Crippen LogP contribution is -2.27. The first-order valence-corrected chi connectivity index (χ1v) is 4.63. The van der Waals surface area contributed by atoms with Gasteiger partial charge in [0.15, 0.2) is 0 Å². The third kappa shape index (κ3) is 2.60. The van der Waals surface area contributed by atoms with Crippen LogP contribution < -0.4 is 10.6 Å². The van der Waals surface area contributed by atoms with Crippen LogP contribution in [-0.2, 0) is 0 Å². The molecule has 0 amide bonds. The lowest BCUT2D eigenvalue weighted by Gasteiger charge is -2.20. The van der Waals surface area contributed by atoms with Gasteiger partial charge in [-0.3, -0.25) is 0 Å². The van der Waals surface area contributed by atoms with Gasteiger partial charge < -0.3 is 15.7 Å². The Bertz CT molecular complexity index is 312. The molecule has 3 N–H and O–H groups in total. The van der Waals surface area contributed by atoms with E-state index in [2.05, 4.69) is 4.98 Å². The van der Waals surface area contributed by atoms with E-state index in [1.54, 1.807) is 6.92 Å². The van der Waals surface area contributed by atoms with Crippen molar-refractivity contribution in [1.82, 2.24) is 4.98 Å². The Balaban J connectivity index is 2.80. The molecule has 0 fully saturated rings. The number of aliphatic hydroxyl groups excluding tert-OH is 1. The van der Waals surface area contributed by atoms with E-state index in [0.717, 1.165) is 11.5 Å². The fourth-order valence-corrected chi connectivity index (χ4v) is 1.26. The number of hydrogen-bond donors (Lipinski definition) is 2. The average Bonchev–Trinajstić information content (AvgIpc) is 2.08. The van der Waals surface area contributed by atoms with Gasteiger partial charge in [-0.1, -0.05) is 0 Å². The van der Waals surface area contributed by atoms with Crippen molar-refractivity contribution in [1.29, 1.82) is 0 Å². The van der Waals surface area contributed by atoms with Crippen molar-refractivity contribution in [2.75, 3.05) is 24.2 Å². The molecule has 1 heterocycles. The summed E-state index contributed by atoms with van der Waals surface area (Å²) in [4.78, 5) is 6.22. The zero-order valence-electron chi connectivity index (χ0n) is 8.86. The van der Waals surface area contributed by atoms with E-state index in [4.69, 9.17) is 5.73 Å². The van der Waals surface area contributed by atoms with Gasteiger partial charge >= 0.3 is 0 Å². The minimum atomic E-state index is -0.361. The number of nitrogens with zero attached hydrogens (tertiary/aromatic N) is 2. The lowest BCUT2D eigenvalue weighted by molar-refractivity contribution is 0.201. The molecule has 1 rings (SSSR count). The molecule has 0 saturated heterocycles. The fourth-order valence-electron chi connectivity index (χ4n) is 1.26. The summed E-state index contributed by atoms with van der Waals surface area (Å²) in [6.07, 6.45) is -0.361. The van der Waals surface area contributed by atoms with E-state index >= 15 is 0 Å². The first-order valence-electron chi connectivity index (χ1n) is 4.63. The standard InChI is InChI=1S/C10H17N3O/c1-7(14)6-13(3)10-5-4-9(11)8(2)12-10/h4-5,7,14H,6,11H2,1-3H3. The van der Waals surface area contributed by atoms with Crippen LogP contribution in [0.5, 0.6) is 0 Å². The second-order valence-electron chi connectivity index (χ2n) is 3.57. The monoisotopic (exact) mass is 195 g/mol. The first kappa shape index (κ1) is 10.8. The van der Waals surface area contributed by atoms with Crippen LogP contribution in [0.1, 0.15) is 12.6 Å². The molecule has 78 valence electrons. The van der Waals surface area contributed by atoms with Gasteiger partial charge in [-0.15, -0.1) is 0 Å². The van der Waals surface area contributed by atoms with Crippen LogP contribution in [0, 0.1) is 6.92 Å². The number of aryl methyl sites for hydroxylation is 1. The predicted octanol–water partition coefficient (Wildman–Crippen LogP) is 0.789. The van der Waals surface area contributed by atoms with E-state index in [1.165, 1.54) is 0 Å². The fraction of sp³-hybridized carbons (Fsp3) is 0.500. The molecule has 1 aromatic rings. The summed E-state index contributed by atoms with van der Waals surface area (Å²) in [5, 5.41) is 9.21. The van der Waals surface area contributed by atoms with Gasteiger partial charge in [0.1, 0.15) is 5.82 Å². The second kappa shape index (κ2) is 4.28. The average molecular weight is 195 g/mol. The molecule has 4 nitrogen and oxygen atoms in total. The van der Waals surface area contributed by atoms with Gasteiger partial charge in [-0.05, 0) is 26.0 Å². The molecule has 0 saturated carbocycles. The Hall–Kier alpha value is -1.29. The van der Waals surface area contributed by atoms with Gasteiger partial charge in [0, 0.05) is 13.6 Å². The van der Waals surface area contributed by atoms with Crippen LogP contribution in [0.25, 0.3) is 0 Å². The molecule has 0 aliphatic heterocycles. The zero-order chi connectivity index (χ0) is 10.7. The van der Waals surface area contributed by atoms with Gasteiger partial charge in [0.25, 0.3) is 0 Å². The Morgan fingerprint density at radius 3 is 2.71 bits per heavy atom. The molecule has 4 heteroatoms. The molecule has 1 unspecified atom stereocenters. The maximum atomic E-state index is 9.21. The van der Waals surface area contributed by atoms with Gasteiger partial charge in [-0.2, -0.15) is 0 Å². The van der Waals surface area contributed by atoms with Crippen LogP contribution in [0.15, 0.2) is 12.1 Å². The van der Waals surface area contributed by atoms with Crippen molar-refractivity contribution < 1.29 is 5.11 Å². The predicted molar refractivity (Wildman–Crippen MR) is 58.3 cm³/mol. The SMILES string of the molecule is Cc1nc(N(C)CC(C)O)ccc1N. The smallest absolute Gasteiger partial charge is 0.128 e. The molecule has 1 aromatic heterocycles. The van der Waals surface area contributed by atoms with Gasteiger partial charge in [0.05, 0.1) is 17.5 Å². The highest BCUT2D eigenvalue weighted by molar-refractivity contribution is 5.50. The molecule has 0 spiro atoms. The first-order chi connectivity index (χ1) is 6.50. The lowest BCUT2D eigenvalue weighted by atomic mass is 10.3. The molecule has 0 aliphatic rings. The molecule has 0 aliphatic carbocycles. The summed E-state index contributed by atoms with van der Waals surface area (Å²) in [6, 6.07) is 3.68. The minimum absolute atomic E-state index is 0.361. The van der Waals surface area contributed by atoms with Gasteiger partial charge in [-0.25, -0.2) is 4.98 Å². The third-order valence-electron chi connectivity index (χ3n) is 2.04. The second-order valence-corrected chi connectivity index (χ2v) is 3.57. The number of hydrogen-bond acceptors (Lipinski definition) is 4. The molecule has 1 atom stereocenters. The number of likely N-dealkylation sites (N-methyl/N-ethyl adjacent to an activating group) is 1. The van der Waals surface area contributed by atoms with Crippen molar-refractivity contribution in [3.8, 4) is 0 Å². The number of anilines is 2. The van der Waals surface area contributed by atoms with Crippen LogP contribution in [-0.4, -0.2) is 29.8 Å². The van der Waals surface area contributed by atoms with E-state index in [9.17, 15) is 5.11 Å². The van der Waals surface area contributed by atoms with Crippen LogP contribution in [0.3, 0.4) is 0 Å². The Labute approximate surface area is 84.4 Å². The van der Waals surface area contributed by atoms with Crippen molar-refractivity contribution >= 4 is 11.5 Å². The Morgan fingerprint density at radius 1 is 1.57 bits per heavy atom. The van der Waals surface area contributed by atoms with Crippen LogP contribution >= 0.6 is 0 Å². The molecule has 0 radical (unpaired) electrons. The summed E-state index contributed by atoms with van der Waals surface area (Å²) < 4.78 is 0. The number of nitrogens with two attached hydrogens (primary N) is 1. The number of pyridine rings is 1. The van der Waals surface area contributed by atoms with Crippen molar-refractivity contribution in [2.24, 2.45) is 0 Å². The minimum Gasteiger partial charge on any atom is -0.397 e. The quantitative estimate of drug-likeness (QED) is 0.748. The Kier molecular flexibility index (Phi) is 3.30. The third-order valence-corrected chi connectivity index (χ3v) is 2.04. The molecule has 14 heavy (non-hydrogen) atoms. The highest BCUT2D eigenvalue weighted by Gasteiger charge is 2.06. The number of aromatic nitrogens is 1. The van der Waals surface area contributed by atoms with Crippen molar-refractivity contribution in [2.45, 2.75) is 20.0 Å². The summed E-state index contributed by atoms with van der Waals surface area (Å²) >= 11 is 0. The van der Waals surface area contributed by atoms with E-state index in [1.807, 2.05) is 31.0 Å². The highest BCUT2D eigenvalue weighted by Crippen LogP contribution is 2.14. The summed E-state index contributed by atoms with van der Waals surface area (Å²) in [5.74, 6) is 0.831. The van der Waals surface area contributed by atoms with E-state index < -0.39 is 0 Å². The normalized spacial score (nSPS) is 12.6. The number of rotatable bonds is 3. The molecule has 0 aromatic carbocycles. The number of aliphatic hydroxyl groups is 1. The number of nitrogen functional groups attached to an aromatic ring is 1. The maximum absolute atomic E-state index is 9.21. The van der Waals surface area contributed by atoms with Crippen LogP contribution in [0.2, 0.25) is 0 Å².